The molecule has 1 amide bonds. The van der Waals surface area contributed by atoms with Gasteiger partial charge in [0.15, 0.2) is 0 Å². The molecule has 1 fully saturated rings. The van der Waals surface area contributed by atoms with Gasteiger partial charge in [-0.2, -0.15) is 5.10 Å². The Hall–Kier alpha value is -1.37. The average Bonchev–Trinajstić information content (AvgIpc) is 2.99. The van der Waals surface area contributed by atoms with Crippen molar-refractivity contribution in [1.29, 1.82) is 0 Å². The van der Waals surface area contributed by atoms with Gasteiger partial charge >= 0.3 is 0 Å². The van der Waals surface area contributed by atoms with Crippen molar-refractivity contribution in [3.8, 4) is 0 Å². The number of hydrogen-bond acceptors (Lipinski definition) is 3. The summed E-state index contributed by atoms with van der Waals surface area (Å²) < 4.78 is 2.72. The molecule has 7 heteroatoms. The second kappa shape index (κ2) is 8.14. The zero-order chi connectivity index (χ0) is 16.9. The molecule has 24 heavy (non-hydrogen) atoms. The monoisotopic (exact) mass is 410 g/mol. The Labute approximate surface area is 155 Å². The van der Waals surface area contributed by atoms with Crippen LogP contribution < -0.4 is 0 Å². The number of nitrogens with zero attached hydrogens (tertiary/aromatic N) is 4. The van der Waals surface area contributed by atoms with E-state index in [1.165, 1.54) is 5.56 Å². The molecule has 5 nitrogen and oxygen atoms in total. The first-order chi connectivity index (χ1) is 11.6. The predicted molar refractivity (Wildman–Crippen MR) is 97.9 cm³/mol. The Balaban J connectivity index is 1.43. The summed E-state index contributed by atoms with van der Waals surface area (Å²) in [6, 6.07) is 7.96. The van der Waals surface area contributed by atoms with Gasteiger partial charge in [0.1, 0.15) is 0 Å². The van der Waals surface area contributed by atoms with Crippen molar-refractivity contribution >= 4 is 33.4 Å². The molecule has 1 aromatic heterocycles. The van der Waals surface area contributed by atoms with Gasteiger partial charge in [-0.05, 0) is 33.6 Å². The minimum Gasteiger partial charge on any atom is -0.340 e. The fourth-order valence-corrected chi connectivity index (χ4v) is 3.42. The van der Waals surface area contributed by atoms with E-state index in [0.29, 0.717) is 13.0 Å². The minimum atomic E-state index is 0.198. The van der Waals surface area contributed by atoms with Crippen LogP contribution in [-0.4, -0.2) is 51.7 Å². The van der Waals surface area contributed by atoms with Gasteiger partial charge in [-0.1, -0.05) is 23.7 Å². The van der Waals surface area contributed by atoms with E-state index in [4.69, 9.17) is 11.6 Å². The van der Waals surface area contributed by atoms with E-state index in [2.05, 4.69) is 32.0 Å². The number of carbonyl (C=O) groups excluding carboxylic acids is 1. The van der Waals surface area contributed by atoms with Crippen molar-refractivity contribution in [3.63, 3.8) is 0 Å². The molecular weight excluding hydrogens is 392 g/mol. The highest BCUT2D eigenvalue weighted by Gasteiger charge is 2.21. The topological polar surface area (TPSA) is 41.4 Å². The molecule has 0 atom stereocenters. The van der Waals surface area contributed by atoms with Gasteiger partial charge in [0, 0.05) is 56.9 Å². The maximum atomic E-state index is 12.3. The third kappa shape index (κ3) is 4.82. The molecule has 1 aromatic carbocycles. The number of hydrogen-bond donors (Lipinski definition) is 0. The second-order valence-corrected chi connectivity index (χ2v) is 7.31. The van der Waals surface area contributed by atoms with Crippen LogP contribution >= 0.6 is 27.5 Å². The molecule has 128 valence electrons. The highest BCUT2D eigenvalue weighted by molar-refractivity contribution is 9.10. The maximum absolute atomic E-state index is 12.3. The van der Waals surface area contributed by atoms with E-state index in [-0.39, 0.29) is 5.91 Å². The molecule has 3 rings (SSSR count). The summed E-state index contributed by atoms with van der Waals surface area (Å²) in [5, 5.41) is 4.95. The molecule has 0 radical (unpaired) electrons. The lowest BCUT2D eigenvalue weighted by molar-refractivity contribution is -0.133. The van der Waals surface area contributed by atoms with Crippen molar-refractivity contribution < 1.29 is 4.79 Å². The lowest BCUT2D eigenvalue weighted by atomic mass is 10.2. The van der Waals surface area contributed by atoms with Crippen LogP contribution in [0.3, 0.4) is 0 Å². The zero-order valence-electron chi connectivity index (χ0n) is 13.4. The zero-order valence-corrected chi connectivity index (χ0v) is 15.7. The quantitative estimate of drug-likeness (QED) is 0.759. The molecule has 0 bridgehead atoms. The van der Waals surface area contributed by atoms with E-state index in [1.807, 2.05) is 29.3 Å². The van der Waals surface area contributed by atoms with Crippen LogP contribution in [0.2, 0.25) is 5.02 Å². The third-order valence-electron chi connectivity index (χ3n) is 4.18. The summed E-state index contributed by atoms with van der Waals surface area (Å²) in [4.78, 5) is 16.6. The molecule has 2 aromatic rings. The third-order valence-corrected chi connectivity index (χ3v) is 4.82. The molecule has 0 saturated carbocycles. The van der Waals surface area contributed by atoms with Crippen molar-refractivity contribution in [2.45, 2.75) is 19.5 Å². The van der Waals surface area contributed by atoms with E-state index >= 15 is 0 Å². The molecular formula is C17H20BrClN4O. The first-order valence-corrected chi connectivity index (χ1v) is 9.20. The normalized spacial score (nSPS) is 15.7. The fraction of sp³-hybridized carbons (Fsp3) is 0.412. The maximum Gasteiger partial charge on any atom is 0.224 e. The minimum absolute atomic E-state index is 0.198. The number of piperazine rings is 1. The van der Waals surface area contributed by atoms with Gasteiger partial charge in [-0.3, -0.25) is 14.4 Å². The number of rotatable bonds is 5. The highest BCUT2D eigenvalue weighted by atomic mass is 79.9. The van der Waals surface area contributed by atoms with Crippen molar-refractivity contribution in [2.75, 3.05) is 26.2 Å². The van der Waals surface area contributed by atoms with Crippen molar-refractivity contribution in [2.24, 2.45) is 0 Å². The summed E-state index contributed by atoms with van der Waals surface area (Å²) in [5.74, 6) is 0.198. The predicted octanol–water partition coefficient (Wildman–Crippen LogP) is 3.03. The van der Waals surface area contributed by atoms with Crippen LogP contribution in [0.4, 0.5) is 0 Å². The van der Waals surface area contributed by atoms with Gasteiger partial charge in [0.25, 0.3) is 0 Å². The molecule has 0 aliphatic carbocycles. The van der Waals surface area contributed by atoms with E-state index in [1.54, 1.807) is 10.9 Å². The molecule has 2 heterocycles. The van der Waals surface area contributed by atoms with Gasteiger partial charge in [0.2, 0.25) is 5.91 Å². The molecule has 1 aliphatic rings. The number of benzene rings is 1. The summed E-state index contributed by atoms with van der Waals surface area (Å²) >= 11 is 9.39. The molecule has 0 unspecified atom stereocenters. The van der Waals surface area contributed by atoms with Crippen LogP contribution in [-0.2, 0) is 17.9 Å². The van der Waals surface area contributed by atoms with Crippen LogP contribution in [0.5, 0.6) is 0 Å². The van der Waals surface area contributed by atoms with Crippen LogP contribution in [0.15, 0.2) is 41.1 Å². The average molecular weight is 412 g/mol. The molecule has 1 saturated heterocycles. The highest BCUT2D eigenvalue weighted by Crippen LogP contribution is 2.14. The number of halogens is 2. The van der Waals surface area contributed by atoms with Gasteiger partial charge in [-0.25, -0.2) is 0 Å². The lowest BCUT2D eigenvalue weighted by Crippen LogP contribution is -2.48. The first-order valence-electron chi connectivity index (χ1n) is 8.03. The number of amides is 1. The van der Waals surface area contributed by atoms with Crippen LogP contribution in [0.25, 0.3) is 0 Å². The Kier molecular flexibility index (Phi) is 5.92. The number of aryl methyl sites for hydroxylation is 1. The summed E-state index contributed by atoms with van der Waals surface area (Å²) in [6.07, 6.45) is 4.11. The largest absolute Gasteiger partial charge is 0.340 e. The number of aromatic nitrogens is 2. The lowest BCUT2D eigenvalue weighted by Gasteiger charge is -2.34. The molecule has 0 N–H and O–H groups in total. The Morgan fingerprint density at radius 3 is 2.71 bits per heavy atom. The fourth-order valence-electron chi connectivity index (χ4n) is 2.88. The van der Waals surface area contributed by atoms with E-state index < -0.39 is 0 Å². The van der Waals surface area contributed by atoms with Gasteiger partial charge < -0.3 is 4.90 Å². The second-order valence-electron chi connectivity index (χ2n) is 5.96. The standard InChI is InChI=1S/C17H20BrClN4O/c18-15-11-20-23(13-15)5-4-17(24)22-8-6-21(7-9-22)12-14-2-1-3-16(19)10-14/h1-3,10-11,13H,4-9,12H2. The number of carbonyl (C=O) groups is 1. The van der Waals surface area contributed by atoms with Crippen LogP contribution in [0.1, 0.15) is 12.0 Å². The van der Waals surface area contributed by atoms with E-state index in [9.17, 15) is 4.79 Å². The Bertz CT molecular complexity index is 697. The smallest absolute Gasteiger partial charge is 0.224 e. The van der Waals surface area contributed by atoms with Crippen molar-refractivity contribution in [3.05, 3.63) is 51.7 Å². The van der Waals surface area contributed by atoms with Gasteiger partial charge in [0.05, 0.1) is 10.7 Å². The Morgan fingerprint density at radius 2 is 2.04 bits per heavy atom. The summed E-state index contributed by atoms with van der Waals surface area (Å²) in [6.45, 7) is 4.85. The Morgan fingerprint density at radius 1 is 1.25 bits per heavy atom. The first kappa shape index (κ1) is 17.5. The van der Waals surface area contributed by atoms with Crippen molar-refractivity contribution in [1.82, 2.24) is 19.6 Å². The summed E-state index contributed by atoms with van der Waals surface area (Å²) in [5.41, 5.74) is 1.21. The SMILES string of the molecule is O=C(CCn1cc(Br)cn1)N1CCN(Cc2cccc(Cl)c2)CC1. The molecule has 1 aliphatic heterocycles. The molecule has 0 spiro atoms. The van der Waals surface area contributed by atoms with Crippen LogP contribution in [0, 0.1) is 0 Å². The summed E-state index contributed by atoms with van der Waals surface area (Å²) in [7, 11) is 0. The van der Waals surface area contributed by atoms with E-state index in [0.717, 1.165) is 42.2 Å². The van der Waals surface area contributed by atoms with Gasteiger partial charge in [-0.15, -0.1) is 0 Å².